The smallest absolute Gasteiger partial charge is 0.254 e. The number of amides is 2. The predicted octanol–water partition coefficient (Wildman–Crippen LogP) is 3.21. The first-order valence-electron chi connectivity index (χ1n) is 11.9. The number of aryl methyl sites for hydroxylation is 1. The highest BCUT2D eigenvalue weighted by Crippen LogP contribution is 2.34. The molecule has 0 bridgehead atoms. The van der Waals surface area contributed by atoms with Crippen LogP contribution in [0.2, 0.25) is 0 Å². The number of thiazole rings is 1. The molecule has 0 aliphatic carbocycles. The van der Waals surface area contributed by atoms with Crippen LogP contribution in [0.4, 0.5) is 4.39 Å². The summed E-state index contributed by atoms with van der Waals surface area (Å²) >= 11 is 1.47. The SMILES string of the molecule is Cc1csc(CN(C)C(=O)c2cccc(C(N)=O)c2[C@H](Cc2ccccc2)[C@@H](O)[C@H]2C[C@H](F)CN2)n1. The molecule has 0 spiro atoms. The highest BCUT2D eigenvalue weighted by atomic mass is 32.1. The van der Waals surface area contributed by atoms with E-state index < -0.39 is 30.1 Å². The normalized spacial score (nSPS) is 19.1. The minimum absolute atomic E-state index is 0.151. The van der Waals surface area contributed by atoms with Gasteiger partial charge in [-0.1, -0.05) is 36.4 Å². The second kappa shape index (κ2) is 11.3. The number of aromatic nitrogens is 1. The standard InChI is InChI=1S/C27H31FN4O3S/c1-16-15-36-23(31-16)14-32(2)27(35)20-10-6-9-19(26(29)34)24(20)21(11-17-7-4-3-5-8-17)25(33)22-12-18(28)13-30-22/h3-10,15,18,21-22,25,30,33H,11-14H2,1-2H3,(H2,29,34)/t18-,21-,22+,25+/m0/s1. The number of carbonyl (C=O) groups is 2. The summed E-state index contributed by atoms with van der Waals surface area (Å²) in [5.41, 5.74) is 8.41. The molecule has 1 saturated heterocycles. The van der Waals surface area contributed by atoms with Gasteiger partial charge in [-0.2, -0.15) is 0 Å². The minimum atomic E-state index is -1.07. The van der Waals surface area contributed by atoms with Gasteiger partial charge in [-0.15, -0.1) is 11.3 Å². The number of rotatable bonds is 9. The van der Waals surface area contributed by atoms with E-state index >= 15 is 0 Å². The van der Waals surface area contributed by atoms with E-state index in [0.29, 0.717) is 18.5 Å². The van der Waals surface area contributed by atoms with Crippen molar-refractivity contribution in [1.82, 2.24) is 15.2 Å². The Labute approximate surface area is 214 Å². The van der Waals surface area contributed by atoms with Crippen molar-refractivity contribution in [2.45, 2.75) is 50.5 Å². The molecule has 1 aromatic heterocycles. The molecule has 0 saturated carbocycles. The van der Waals surface area contributed by atoms with Crippen LogP contribution in [-0.4, -0.2) is 58.7 Å². The number of carbonyl (C=O) groups excluding carboxylic acids is 2. The van der Waals surface area contributed by atoms with Crippen LogP contribution in [0.3, 0.4) is 0 Å². The van der Waals surface area contributed by atoms with E-state index in [0.717, 1.165) is 16.3 Å². The van der Waals surface area contributed by atoms with Gasteiger partial charge in [0.25, 0.3) is 5.91 Å². The van der Waals surface area contributed by atoms with Gasteiger partial charge < -0.3 is 21.1 Å². The summed E-state index contributed by atoms with van der Waals surface area (Å²) in [5.74, 6) is -1.67. The number of primary amides is 1. The first kappa shape index (κ1) is 25.9. The second-order valence-corrected chi connectivity index (χ2v) is 10.3. The first-order valence-corrected chi connectivity index (χ1v) is 12.8. The number of benzene rings is 2. The van der Waals surface area contributed by atoms with Gasteiger partial charge in [0.1, 0.15) is 11.2 Å². The molecule has 1 fully saturated rings. The summed E-state index contributed by atoms with van der Waals surface area (Å²) in [7, 11) is 1.68. The second-order valence-electron chi connectivity index (χ2n) is 9.31. The number of nitrogens with two attached hydrogens (primary N) is 1. The van der Waals surface area contributed by atoms with E-state index in [1.165, 1.54) is 11.3 Å². The van der Waals surface area contributed by atoms with Gasteiger partial charge in [0.05, 0.1) is 12.6 Å². The zero-order chi connectivity index (χ0) is 25.8. The van der Waals surface area contributed by atoms with Crippen LogP contribution in [0.5, 0.6) is 0 Å². The lowest BCUT2D eigenvalue weighted by atomic mass is 9.79. The lowest BCUT2D eigenvalue weighted by Gasteiger charge is -2.31. The Morgan fingerprint density at radius 3 is 2.56 bits per heavy atom. The molecule has 4 N–H and O–H groups in total. The van der Waals surface area contributed by atoms with Crippen molar-refractivity contribution in [1.29, 1.82) is 0 Å². The van der Waals surface area contributed by atoms with Gasteiger partial charge in [-0.3, -0.25) is 9.59 Å². The van der Waals surface area contributed by atoms with Gasteiger partial charge in [0.2, 0.25) is 5.91 Å². The fourth-order valence-corrected chi connectivity index (χ4v) is 5.67. The van der Waals surface area contributed by atoms with E-state index in [1.807, 2.05) is 42.6 Å². The molecule has 3 aromatic rings. The van der Waals surface area contributed by atoms with Crippen molar-refractivity contribution < 1.29 is 19.1 Å². The van der Waals surface area contributed by atoms with Gasteiger partial charge >= 0.3 is 0 Å². The zero-order valence-electron chi connectivity index (χ0n) is 20.4. The average Bonchev–Trinajstić information content (AvgIpc) is 3.49. The van der Waals surface area contributed by atoms with E-state index in [9.17, 15) is 19.1 Å². The zero-order valence-corrected chi connectivity index (χ0v) is 21.2. The van der Waals surface area contributed by atoms with Crippen molar-refractivity contribution in [3.63, 3.8) is 0 Å². The van der Waals surface area contributed by atoms with Crippen LogP contribution in [0.1, 0.15) is 54.9 Å². The molecule has 0 unspecified atom stereocenters. The Kier molecular flexibility index (Phi) is 8.13. The third-order valence-corrected chi connectivity index (χ3v) is 7.54. The van der Waals surface area contributed by atoms with Crippen molar-refractivity contribution in [2.24, 2.45) is 5.73 Å². The Morgan fingerprint density at radius 2 is 1.94 bits per heavy atom. The number of aliphatic hydroxyl groups is 1. The molecule has 7 nitrogen and oxygen atoms in total. The quantitative estimate of drug-likeness (QED) is 0.410. The summed E-state index contributed by atoms with van der Waals surface area (Å²) in [4.78, 5) is 32.2. The summed E-state index contributed by atoms with van der Waals surface area (Å²) < 4.78 is 14.0. The van der Waals surface area contributed by atoms with E-state index in [2.05, 4.69) is 10.3 Å². The Balaban J connectivity index is 1.77. The molecule has 1 aliphatic rings. The molecule has 2 heterocycles. The largest absolute Gasteiger partial charge is 0.391 e. The van der Waals surface area contributed by atoms with Gasteiger partial charge in [-0.25, -0.2) is 9.37 Å². The van der Waals surface area contributed by atoms with Gasteiger partial charge in [0, 0.05) is 47.8 Å². The first-order chi connectivity index (χ1) is 17.2. The highest BCUT2D eigenvalue weighted by Gasteiger charge is 2.38. The maximum atomic E-state index is 14.0. The van der Waals surface area contributed by atoms with Crippen molar-refractivity contribution >= 4 is 23.2 Å². The molecule has 2 amide bonds. The maximum Gasteiger partial charge on any atom is 0.254 e. The summed E-state index contributed by atoms with van der Waals surface area (Å²) in [5, 5.41) is 17.3. The van der Waals surface area contributed by atoms with Crippen molar-refractivity contribution in [3.05, 3.63) is 86.9 Å². The van der Waals surface area contributed by atoms with Gasteiger partial charge in [0.15, 0.2) is 0 Å². The summed E-state index contributed by atoms with van der Waals surface area (Å²) in [6, 6.07) is 13.8. The molecule has 1 aliphatic heterocycles. The molecule has 0 radical (unpaired) electrons. The Bertz CT molecular complexity index is 1220. The minimum Gasteiger partial charge on any atom is -0.391 e. The number of alkyl halides is 1. The molecule has 190 valence electrons. The van der Waals surface area contributed by atoms with Crippen LogP contribution in [-0.2, 0) is 13.0 Å². The number of hydrogen-bond donors (Lipinski definition) is 3. The Morgan fingerprint density at radius 1 is 1.22 bits per heavy atom. The number of nitrogens with zero attached hydrogens (tertiary/aromatic N) is 2. The van der Waals surface area contributed by atoms with Crippen molar-refractivity contribution in [3.8, 4) is 0 Å². The van der Waals surface area contributed by atoms with Crippen LogP contribution in [0.15, 0.2) is 53.9 Å². The van der Waals surface area contributed by atoms with Gasteiger partial charge in [-0.05, 0) is 43.0 Å². The van der Waals surface area contributed by atoms with Crippen molar-refractivity contribution in [2.75, 3.05) is 13.6 Å². The number of aliphatic hydroxyl groups excluding tert-OH is 1. The molecular weight excluding hydrogens is 479 g/mol. The molecular formula is C27H31FN4O3S. The third-order valence-electron chi connectivity index (χ3n) is 6.59. The lowest BCUT2D eigenvalue weighted by Crippen LogP contribution is -2.41. The van der Waals surface area contributed by atoms with Crippen LogP contribution in [0, 0.1) is 6.92 Å². The van der Waals surface area contributed by atoms with Crippen LogP contribution in [0.25, 0.3) is 0 Å². The molecule has 4 atom stereocenters. The maximum absolute atomic E-state index is 14.0. The van der Waals surface area contributed by atoms with E-state index in [1.54, 1.807) is 30.1 Å². The lowest BCUT2D eigenvalue weighted by molar-refractivity contribution is 0.0775. The van der Waals surface area contributed by atoms with Crippen LogP contribution >= 0.6 is 11.3 Å². The monoisotopic (exact) mass is 510 g/mol. The molecule has 9 heteroatoms. The number of halogens is 1. The van der Waals surface area contributed by atoms with E-state index in [-0.39, 0.29) is 30.0 Å². The van der Waals surface area contributed by atoms with Crippen LogP contribution < -0.4 is 11.1 Å². The molecule has 36 heavy (non-hydrogen) atoms. The predicted molar refractivity (Wildman–Crippen MR) is 138 cm³/mol. The summed E-state index contributed by atoms with van der Waals surface area (Å²) in [6.07, 6.45) is -1.62. The average molecular weight is 511 g/mol. The fraction of sp³-hybridized carbons (Fsp3) is 0.370. The Hall–Kier alpha value is -3.14. The fourth-order valence-electron chi connectivity index (χ4n) is 4.85. The summed E-state index contributed by atoms with van der Waals surface area (Å²) in [6.45, 7) is 2.35. The third kappa shape index (κ3) is 5.80. The molecule has 4 rings (SSSR count). The topological polar surface area (TPSA) is 109 Å². The number of hydrogen-bond acceptors (Lipinski definition) is 6. The number of nitrogens with one attached hydrogen (secondary N) is 1. The highest BCUT2D eigenvalue weighted by molar-refractivity contribution is 7.09. The molecule has 2 aromatic carbocycles. The van der Waals surface area contributed by atoms with E-state index in [4.69, 9.17) is 5.73 Å².